The first-order valence-electron chi connectivity index (χ1n) is 7.33. The van der Waals surface area contributed by atoms with Crippen molar-refractivity contribution in [2.75, 3.05) is 13.1 Å². The number of hydrogen-bond donors (Lipinski definition) is 0. The minimum Gasteiger partial charge on any atom is -0.472 e. The molecule has 2 heterocycles. The number of halogens is 1. The molecule has 1 unspecified atom stereocenters. The van der Waals surface area contributed by atoms with Crippen molar-refractivity contribution >= 4 is 26.0 Å². The van der Waals surface area contributed by atoms with Crippen LogP contribution in [0, 0.1) is 0 Å². The molecule has 0 radical (unpaired) electrons. The predicted octanol–water partition coefficient (Wildman–Crippen LogP) is 2.83. The fourth-order valence-corrected chi connectivity index (χ4v) is 4.46. The number of pyridine rings is 1. The number of hydrogen-bond acceptors (Lipinski definition) is 4. The molecule has 0 N–H and O–H groups in total. The molecule has 0 spiro atoms. The van der Waals surface area contributed by atoms with E-state index in [0.717, 1.165) is 10.0 Å². The zero-order chi connectivity index (χ0) is 16.3. The van der Waals surface area contributed by atoms with E-state index >= 15 is 0 Å². The van der Waals surface area contributed by atoms with E-state index in [4.69, 9.17) is 4.74 Å². The summed E-state index contributed by atoms with van der Waals surface area (Å²) in [6, 6.07) is 12.9. The molecule has 1 saturated heterocycles. The Balaban J connectivity index is 1.64. The summed E-state index contributed by atoms with van der Waals surface area (Å²) in [7, 11) is -3.33. The molecular formula is C16H17BrN2O3S. The maximum atomic E-state index is 12.5. The summed E-state index contributed by atoms with van der Waals surface area (Å²) in [6.45, 7) is 0.836. The average Bonchev–Trinajstić information content (AvgIpc) is 3.00. The molecule has 5 nitrogen and oxygen atoms in total. The topological polar surface area (TPSA) is 59.5 Å². The maximum absolute atomic E-state index is 12.5. The largest absolute Gasteiger partial charge is 0.472 e. The van der Waals surface area contributed by atoms with Gasteiger partial charge in [-0.1, -0.05) is 30.3 Å². The molecule has 1 fully saturated rings. The van der Waals surface area contributed by atoms with Gasteiger partial charge in [0.1, 0.15) is 6.10 Å². The van der Waals surface area contributed by atoms with Gasteiger partial charge >= 0.3 is 0 Å². The second kappa shape index (κ2) is 6.98. The van der Waals surface area contributed by atoms with Gasteiger partial charge in [-0.05, 0) is 40.0 Å². The Kier molecular flexibility index (Phi) is 4.99. The fourth-order valence-electron chi connectivity index (χ4n) is 2.54. The standard InChI is InChI=1S/C16H17BrN2O3S/c17-15-7-4-9-18-16(15)22-14-8-10-19(11-14)23(20,21)12-13-5-2-1-3-6-13/h1-7,9,14H,8,10-12H2. The quantitative estimate of drug-likeness (QED) is 0.779. The molecule has 3 rings (SSSR count). The highest BCUT2D eigenvalue weighted by atomic mass is 79.9. The van der Waals surface area contributed by atoms with E-state index in [-0.39, 0.29) is 11.9 Å². The Morgan fingerprint density at radius 2 is 2.00 bits per heavy atom. The molecule has 2 aromatic rings. The molecule has 1 aromatic heterocycles. The number of benzene rings is 1. The summed E-state index contributed by atoms with van der Waals surface area (Å²) in [4.78, 5) is 4.16. The molecule has 0 aliphatic carbocycles. The van der Waals surface area contributed by atoms with Crippen LogP contribution in [0.1, 0.15) is 12.0 Å². The lowest BCUT2D eigenvalue weighted by Gasteiger charge is -2.17. The molecule has 122 valence electrons. The average molecular weight is 397 g/mol. The molecule has 0 amide bonds. The van der Waals surface area contributed by atoms with Gasteiger partial charge in [0.2, 0.25) is 15.9 Å². The highest BCUT2D eigenvalue weighted by molar-refractivity contribution is 9.10. The van der Waals surface area contributed by atoms with Gasteiger partial charge in [-0.25, -0.2) is 13.4 Å². The SMILES string of the molecule is O=S(=O)(Cc1ccccc1)N1CCC(Oc2ncccc2Br)C1. The van der Waals surface area contributed by atoms with Crippen molar-refractivity contribution in [2.24, 2.45) is 0 Å². The smallest absolute Gasteiger partial charge is 0.228 e. The molecule has 1 aromatic carbocycles. The van der Waals surface area contributed by atoms with Gasteiger partial charge in [0, 0.05) is 12.7 Å². The maximum Gasteiger partial charge on any atom is 0.228 e. The second-order valence-corrected chi connectivity index (χ2v) is 8.24. The number of rotatable bonds is 5. The minimum absolute atomic E-state index is 0.0217. The first-order chi connectivity index (χ1) is 11.0. The first kappa shape index (κ1) is 16.4. The lowest BCUT2D eigenvalue weighted by Crippen LogP contribution is -2.32. The Hall–Kier alpha value is -1.44. The van der Waals surface area contributed by atoms with E-state index in [1.54, 1.807) is 6.20 Å². The summed E-state index contributed by atoms with van der Waals surface area (Å²) in [6.07, 6.45) is 2.14. The van der Waals surface area contributed by atoms with Crippen molar-refractivity contribution in [3.63, 3.8) is 0 Å². The minimum atomic E-state index is -3.33. The van der Waals surface area contributed by atoms with E-state index in [1.807, 2.05) is 42.5 Å². The zero-order valence-corrected chi connectivity index (χ0v) is 14.8. The van der Waals surface area contributed by atoms with E-state index in [0.29, 0.717) is 25.4 Å². The Labute approximate surface area is 144 Å². The third-order valence-corrected chi connectivity index (χ3v) is 6.12. The third kappa shape index (κ3) is 4.10. The second-order valence-electron chi connectivity index (χ2n) is 5.42. The first-order valence-corrected chi connectivity index (χ1v) is 9.74. The van der Waals surface area contributed by atoms with Crippen molar-refractivity contribution in [1.29, 1.82) is 0 Å². The lowest BCUT2D eigenvalue weighted by molar-refractivity contribution is 0.205. The van der Waals surface area contributed by atoms with Crippen LogP contribution in [0.5, 0.6) is 5.88 Å². The summed E-state index contributed by atoms with van der Waals surface area (Å²) >= 11 is 3.38. The van der Waals surface area contributed by atoms with E-state index in [2.05, 4.69) is 20.9 Å². The van der Waals surface area contributed by atoms with E-state index in [9.17, 15) is 8.42 Å². The molecule has 23 heavy (non-hydrogen) atoms. The molecule has 1 atom stereocenters. The summed E-state index contributed by atoms with van der Waals surface area (Å²) in [5.74, 6) is 0.521. The van der Waals surface area contributed by atoms with Gasteiger partial charge in [-0.15, -0.1) is 0 Å². The van der Waals surface area contributed by atoms with E-state index in [1.165, 1.54) is 4.31 Å². The Bertz CT molecular complexity index is 768. The van der Waals surface area contributed by atoms with Crippen molar-refractivity contribution in [2.45, 2.75) is 18.3 Å². The van der Waals surface area contributed by atoms with E-state index < -0.39 is 10.0 Å². The van der Waals surface area contributed by atoms with Crippen LogP contribution in [0.3, 0.4) is 0 Å². The van der Waals surface area contributed by atoms with Crippen LogP contribution >= 0.6 is 15.9 Å². The lowest BCUT2D eigenvalue weighted by atomic mass is 10.2. The summed E-state index contributed by atoms with van der Waals surface area (Å²) in [5, 5.41) is 0. The van der Waals surface area contributed by atoms with Gasteiger partial charge in [0.25, 0.3) is 0 Å². The highest BCUT2D eigenvalue weighted by Gasteiger charge is 2.33. The number of aromatic nitrogens is 1. The molecule has 0 saturated carbocycles. The monoisotopic (exact) mass is 396 g/mol. The van der Waals surface area contributed by atoms with Crippen molar-refractivity contribution in [3.8, 4) is 5.88 Å². The van der Waals surface area contributed by atoms with Crippen LogP contribution in [0.25, 0.3) is 0 Å². The highest BCUT2D eigenvalue weighted by Crippen LogP contribution is 2.26. The van der Waals surface area contributed by atoms with Crippen LogP contribution in [-0.2, 0) is 15.8 Å². The summed E-state index contributed by atoms with van der Waals surface area (Å²) in [5.41, 5.74) is 0.796. The molecule has 1 aliphatic rings. The number of nitrogens with zero attached hydrogens (tertiary/aromatic N) is 2. The summed E-state index contributed by atoms with van der Waals surface area (Å²) < 4.78 is 33.1. The van der Waals surface area contributed by atoms with Crippen LogP contribution in [-0.4, -0.2) is 36.9 Å². The van der Waals surface area contributed by atoms with Gasteiger partial charge in [0.15, 0.2) is 0 Å². The van der Waals surface area contributed by atoms with Crippen molar-refractivity contribution in [3.05, 3.63) is 58.7 Å². The van der Waals surface area contributed by atoms with Gasteiger partial charge in [-0.2, -0.15) is 4.31 Å². The number of sulfonamides is 1. The normalized spacial score (nSPS) is 18.9. The van der Waals surface area contributed by atoms with Gasteiger partial charge in [0.05, 0.1) is 16.8 Å². The third-order valence-electron chi connectivity index (χ3n) is 3.70. The van der Waals surface area contributed by atoms with Crippen molar-refractivity contribution in [1.82, 2.24) is 9.29 Å². The zero-order valence-electron chi connectivity index (χ0n) is 12.4. The van der Waals surface area contributed by atoms with Crippen LogP contribution in [0.4, 0.5) is 0 Å². The van der Waals surface area contributed by atoms with Gasteiger partial charge in [-0.3, -0.25) is 0 Å². The number of ether oxygens (including phenoxy) is 1. The Morgan fingerprint density at radius 3 is 2.74 bits per heavy atom. The predicted molar refractivity (Wildman–Crippen MR) is 91.6 cm³/mol. The molecule has 1 aliphatic heterocycles. The Morgan fingerprint density at radius 1 is 1.22 bits per heavy atom. The molecule has 0 bridgehead atoms. The van der Waals surface area contributed by atoms with Crippen LogP contribution < -0.4 is 4.74 Å². The van der Waals surface area contributed by atoms with Crippen LogP contribution in [0.15, 0.2) is 53.1 Å². The molecule has 7 heteroatoms. The van der Waals surface area contributed by atoms with Crippen molar-refractivity contribution < 1.29 is 13.2 Å². The fraction of sp³-hybridized carbons (Fsp3) is 0.312. The molecular weight excluding hydrogens is 380 g/mol. The van der Waals surface area contributed by atoms with Gasteiger partial charge < -0.3 is 4.74 Å². The van der Waals surface area contributed by atoms with Crippen LogP contribution in [0.2, 0.25) is 0 Å².